The number of hydrogen-bond acceptors (Lipinski definition) is 2. The molecule has 0 aliphatic carbocycles. The van der Waals surface area contributed by atoms with Gasteiger partial charge in [0, 0.05) is 12.2 Å². The summed E-state index contributed by atoms with van der Waals surface area (Å²) < 4.78 is 0. The van der Waals surface area contributed by atoms with Gasteiger partial charge in [-0.05, 0) is 43.9 Å². The van der Waals surface area contributed by atoms with Crippen LogP contribution in [0, 0.1) is 5.41 Å². The number of carbonyl (C=O) groups excluding carboxylic acids is 2. The van der Waals surface area contributed by atoms with Crippen LogP contribution in [-0.4, -0.2) is 18.4 Å². The Morgan fingerprint density at radius 3 is 2.18 bits per heavy atom. The maximum absolute atomic E-state index is 12.4. The van der Waals surface area contributed by atoms with E-state index < -0.39 is 5.41 Å². The number of nitrogens with one attached hydrogen (secondary N) is 2. The van der Waals surface area contributed by atoms with E-state index in [1.54, 1.807) is 13.8 Å². The third-order valence-corrected chi connectivity index (χ3v) is 3.79. The molecule has 2 amide bonds. The average Bonchev–Trinajstić information content (AvgIpc) is 2.47. The fraction of sp³-hybridized carbons (Fsp3) is 0.556. The molecule has 0 radical (unpaired) electrons. The van der Waals surface area contributed by atoms with Gasteiger partial charge in [-0.15, -0.1) is 0 Å². The van der Waals surface area contributed by atoms with Crippen molar-refractivity contribution < 1.29 is 9.59 Å². The first-order valence-corrected chi connectivity index (χ1v) is 7.98. The highest BCUT2D eigenvalue weighted by Crippen LogP contribution is 2.21. The van der Waals surface area contributed by atoms with Crippen molar-refractivity contribution in [1.29, 1.82) is 0 Å². The minimum absolute atomic E-state index is 0.239. The number of amides is 2. The van der Waals surface area contributed by atoms with E-state index in [4.69, 9.17) is 0 Å². The topological polar surface area (TPSA) is 58.2 Å². The van der Waals surface area contributed by atoms with Crippen molar-refractivity contribution in [3.05, 3.63) is 29.8 Å². The van der Waals surface area contributed by atoms with Crippen LogP contribution in [0.2, 0.25) is 0 Å². The Labute approximate surface area is 133 Å². The van der Waals surface area contributed by atoms with Gasteiger partial charge in [-0.3, -0.25) is 9.59 Å². The van der Waals surface area contributed by atoms with Gasteiger partial charge in [0.05, 0.1) is 0 Å². The lowest BCUT2D eigenvalue weighted by Gasteiger charge is -2.22. The van der Waals surface area contributed by atoms with Crippen LogP contribution in [0.1, 0.15) is 58.9 Å². The molecule has 22 heavy (non-hydrogen) atoms. The summed E-state index contributed by atoms with van der Waals surface area (Å²) in [4.78, 5) is 24.5. The van der Waals surface area contributed by atoms with Crippen LogP contribution < -0.4 is 10.6 Å². The predicted octanol–water partition coefficient (Wildman–Crippen LogP) is 3.69. The molecule has 0 unspecified atom stereocenters. The Balaban J connectivity index is 2.67. The molecule has 4 nitrogen and oxygen atoms in total. The van der Waals surface area contributed by atoms with E-state index in [-0.39, 0.29) is 11.8 Å². The van der Waals surface area contributed by atoms with E-state index in [0.29, 0.717) is 18.2 Å². The maximum atomic E-state index is 12.4. The zero-order chi connectivity index (χ0) is 16.8. The predicted molar refractivity (Wildman–Crippen MR) is 90.9 cm³/mol. The zero-order valence-electron chi connectivity index (χ0n) is 14.3. The molecule has 1 aromatic rings. The molecular formula is C18H28N2O2. The van der Waals surface area contributed by atoms with Crippen LogP contribution in [0.3, 0.4) is 0 Å². The van der Waals surface area contributed by atoms with Gasteiger partial charge >= 0.3 is 0 Å². The fourth-order valence-electron chi connectivity index (χ4n) is 1.94. The number of hydrogen-bond donors (Lipinski definition) is 2. The van der Waals surface area contributed by atoms with Crippen LogP contribution in [0.15, 0.2) is 24.3 Å². The molecule has 0 aliphatic rings. The monoisotopic (exact) mass is 304 g/mol. The smallest absolute Gasteiger partial charge is 0.239 e. The van der Waals surface area contributed by atoms with E-state index in [2.05, 4.69) is 31.4 Å². The second-order valence-electron chi connectivity index (χ2n) is 6.47. The highest BCUT2D eigenvalue weighted by molar-refractivity contribution is 6.09. The van der Waals surface area contributed by atoms with Gasteiger partial charge in [-0.1, -0.05) is 39.3 Å². The van der Waals surface area contributed by atoms with E-state index in [0.717, 1.165) is 12.8 Å². The van der Waals surface area contributed by atoms with Gasteiger partial charge in [0.15, 0.2) is 0 Å². The minimum Gasteiger partial charge on any atom is -0.355 e. The summed E-state index contributed by atoms with van der Waals surface area (Å²) in [5, 5.41) is 5.63. The first-order chi connectivity index (χ1) is 10.3. The van der Waals surface area contributed by atoms with Crippen LogP contribution in [-0.2, 0) is 9.59 Å². The molecule has 0 saturated heterocycles. The Bertz CT molecular complexity index is 504. The van der Waals surface area contributed by atoms with Gasteiger partial charge in [0.25, 0.3) is 0 Å². The Morgan fingerprint density at radius 2 is 1.68 bits per heavy atom. The molecule has 0 saturated carbocycles. The minimum atomic E-state index is -1.09. The largest absolute Gasteiger partial charge is 0.355 e. The summed E-state index contributed by atoms with van der Waals surface area (Å²) in [6, 6.07) is 7.74. The molecule has 0 aliphatic heterocycles. The summed E-state index contributed by atoms with van der Waals surface area (Å²) in [5.41, 5.74) is 0.836. The van der Waals surface area contributed by atoms with Crippen molar-refractivity contribution in [2.75, 3.05) is 11.9 Å². The molecule has 1 rings (SSSR count). The molecule has 0 spiro atoms. The standard InChI is InChI=1S/C18H28N2O2/c1-6-7-12-19-16(21)18(4,5)17(22)20-15-10-8-14(9-11-15)13(2)3/h8-11,13H,6-7,12H2,1-5H3,(H,19,21)(H,20,22). The lowest BCUT2D eigenvalue weighted by atomic mass is 9.90. The number of unbranched alkanes of at least 4 members (excludes halogenated alkanes) is 1. The van der Waals surface area contributed by atoms with Crippen molar-refractivity contribution in [3.8, 4) is 0 Å². The molecule has 1 aromatic carbocycles. The van der Waals surface area contributed by atoms with Gasteiger partial charge in [0.1, 0.15) is 5.41 Å². The van der Waals surface area contributed by atoms with Crippen molar-refractivity contribution in [2.24, 2.45) is 5.41 Å². The molecule has 122 valence electrons. The van der Waals surface area contributed by atoms with E-state index in [1.165, 1.54) is 5.56 Å². The molecule has 0 atom stereocenters. The van der Waals surface area contributed by atoms with Crippen LogP contribution in [0.25, 0.3) is 0 Å². The highest BCUT2D eigenvalue weighted by atomic mass is 16.2. The summed E-state index contributed by atoms with van der Waals surface area (Å²) in [7, 11) is 0. The Hall–Kier alpha value is -1.84. The van der Waals surface area contributed by atoms with Crippen LogP contribution in [0.5, 0.6) is 0 Å². The van der Waals surface area contributed by atoms with Gasteiger partial charge in [-0.2, -0.15) is 0 Å². The summed E-state index contributed by atoms with van der Waals surface area (Å²) in [6.45, 7) is 10.2. The lowest BCUT2D eigenvalue weighted by molar-refractivity contribution is -0.138. The Morgan fingerprint density at radius 1 is 1.09 bits per heavy atom. The second-order valence-corrected chi connectivity index (χ2v) is 6.47. The average molecular weight is 304 g/mol. The maximum Gasteiger partial charge on any atom is 0.239 e. The van der Waals surface area contributed by atoms with Crippen LogP contribution in [0.4, 0.5) is 5.69 Å². The SMILES string of the molecule is CCCCNC(=O)C(C)(C)C(=O)Nc1ccc(C(C)C)cc1. The molecular weight excluding hydrogens is 276 g/mol. The first kappa shape index (κ1) is 18.2. The van der Waals surface area contributed by atoms with E-state index >= 15 is 0 Å². The van der Waals surface area contributed by atoms with Gasteiger partial charge in [0.2, 0.25) is 11.8 Å². The fourth-order valence-corrected chi connectivity index (χ4v) is 1.94. The first-order valence-electron chi connectivity index (χ1n) is 7.98. The second kappa shape index (κ2) is 7.97. The van der Waals surface area contributed by atoms with Crippen LogP contribution >= 0.6 is 0 Å². The highest BCUT2D eigenvalue weighted by Gasteiger charge is 2.35. The van der Waals surface area contributed by atoms with Crippen molar-refractivity contribution in [3.63, 3.8) is 0 Å². The zero-order valence-corrected chi connectivity index (χ0v) is 14.3. The lowest BCUT2D eigenvalue weighted by Crippen LogP contribution is -2.45. The quantitative estimate of drug-likeness (QED) is 0.596. The summed E-state index contributed by atoms with van der Waals surface area (Å²) >= 11 is 0. The third kappa shape index (κ3) is 4.86. The van der Waals surface area contributed by atoms with Crippen molar-refractivity contribution >= 4 is 17.5 Å². The summed E-state index contributed by atoms with van der Waals surface area (Å²) in [6.07, 6.45) is 1.93. The molecule has 2 N–H and O–H groups in total. The molecule has 0 fully saturated rings. The Kier molecular flexibility index (Phi) is 6.60. The van der Waals surface area contributed by atoms with Gasteiger partial charge in [-0.25, -0.2) is 0 Å². The third-order valence-electron chi connectivity index (χ3n) is 3.79. The van der Waals surface area contributed by atoms with Crippen molar-refractivity contribution in [2.45, 2.75) is 53.4 Å². The molecule has 0 bridgehead atoms. The van der Waals surface area contributed by atoms with E-state index in [9.17, 15) is 9.59 Å². The number of benzene rings is 1. The summed E-state index contributed by atoms with van der Waals surface area (Å²) in [5.74, 6) is -0.0819. The molecule has 0 aromatic heterocycles. The molecule has 0 heterocycles. The number of carbonyl (C=O) groups is 2. The molecule has 4 heteroatoms. The van der Waals surface area contributed by atoms with Crippen molar-refractivity contribution in [1.82, 2.24) is 5.32 Å². The normalized spacial score (nSPS) is 11.4. The van der Waals surface area contributed by atoms with E-state index in [1.807, 2.05) is 24.3 Å². The number of rotatable bonds is 7. The van der Waals surface area contributed by atoms with Gasteiger partial charge < -0.3 is 10.6 Å². The number of anilines is 1.